The largest absolute Gasteiger partial charge is 0.355 e. The summed E-state index contributed by atoms with van der Waals surface area (Å²) in [6.07, 6.45) is 7.97. The molecule has 6 rings (SSSR count). The van der Waals surface area contributed by atoms with Gasteiger partial charge in [-0.1, -0.05) is 36.4 Å². The van der Waals surface area contributed by atoms with E-state index in [9.17, 15) is 9.59 Å². The van der Waals surface area contributed by atoms with Gasteiger partial charge in [-0.2, -0.15) is 4.99 Å². The van der Waals surface area contributed by atoms with Gasteiger partial charge in [0.1, 0.15) is 5.82 Å². The van der Waals surface area contributed by atoms with Crippen LogP contribution in [-0.2, 0) is 5.41 Å². The zero-order chi connectivity index (χ0) is 21.9. The Morgan fingerprint density at radius 1 is 1.19 bits per heavy atom. The van der Waals surface area contributed by atoms with E-state index in [2.05, 4.69) is 44.5 Å². The van der Waals surface area contributed by atoms with Gasteiger partial charge in [-0.25, -0.2) is 9.78 Å². The SMILES string of the molecule is CNC(=O)c1ccc2c(c1)nc(C1(c3ccccc3)CC1)n2C1C=CC2=NC(=O)NC2=C1. The van der Waals surface area contributed by atoms with Crippen LogP contribution in [0.15, 0.2) is 77.4 Å². The molecule has 7 nitrogen and oxygen atoms in total. The van der Waals surface area contributed by atoms with Crippen molar-refractivity contribution in [3.8, 4) is 0 Å². The van der Waals surface area contributed by atoms with E-state index in [0.717, 1.165) is 35.4 Å². The topological polar surface area (TPSA) is 88.4 Å². The minimum atomic E-state index is -0.342. The fourth-order valence-corrected chi connectivity index (χ4v) is 4.75. The lowest BCUT2D eigenvalue weighted by atomic mass is 9.94. The third kappa shape index (κ3) is 2.74. The molecule has 1 aliphatic heterocycles. The molecular weight excluding hydrogens is 402 g/mol. The lowest BCUT2D eigenvalue weighted by Crippen LogP contribution is -2.22. The van der Waals surface area contributed by atoms with Crippen LogP contribution in [-0.4, -0.2) is 34.2 Å². The van der Waals surface area contributed by atoms with Gasteiger partial charge in [0, 0.05) is 12.6 Å². The van der Waals surface area contributed by atoms with Gasteiger partial charge in [-0.15, -0.1) is 0 Å². The van der Waals surface area contributed by atoms with Crippen molar-refractivity contribution in [1.29, 1.82) is 0 Å². The van der Waals surface area contributed by atoms with E-state index in [1.807, 2.05) is 42.5 Å². The maximum atomic E-state index is 12.2. The Hall–Kier alpha value is -4.00. The highest BCUT2D eigenvalue weighted by Crippen LogP contribution is 2.54. The Morgan fingerprint density at radius 3 is 2.75 bits per heavy atom. The summed E-state index contributed by atoms with van der Waals surface area (Å²) in [6, 6.07) is 15.6. The molecule has 0 radical (unpaired) electrons. The molecule has 2 heterocycles. The number of allylic oxidation sites excluding steroid dienone is 3. The molecule has 2 aliphatic carbocycles. The summed E-state index contributed by atoms with van der Waals surface area (Å²) in [7, 11) is 1.62. The first kappa shape index (κ1) is 18.7. The molecule has 2 N–H and O–H groups in total. The van der Waals surface area contributed by atoms with Crippen molar-refractivity contribution in [3.05, 3.63) is 89.4 Å². The third-order valence-electron chi connectivity index (χ3n) is 6.51. The lowest BCUT2D eigenvalue weighted by molar-refractivity contribution is 0.0963. The molecule has 3 amide bonds. The van der Waals surface area contributed by atoms with Gasteiger partial charge < -0.3 is 15.2 Å². The van der Waals surface area contributed by atoms with Gasteiger partial charge in [0.15, 0.2) is 0 Å². The van der Waals surface area contributed by atoms with Gasteiger partial charge >= 0.3 is 6.03 Å². The highest BCUT2D eigenvalue weighted by molar-refractivity contribution is 6.19. The number of urea groups is 1. The van der Waals surface area contributed by atoms with E-state index in [-0.39, 0.29) is 23.4 Å². The van der Waals surface area contributed by atoms with Crippen LogP contribution in [0.5, 0.6) is 0 Å². The fourth-order valence-electron chi connectivity index (χ4n) is 4.75. The van der Waals surface area contributed by atoms with Crippen molar-refractivity contribution in [2.24, 2.45) is 4.99 Å². The summed E-state index contributed by atoms with van der Waals surface area (Å²) in [5.74, 6) is 0.838. The number of nitrogens with one attached hydrogen (secondary N) is 2. The van der Waals surface area contributed by atoms with Crippen molar-refractivity contribution < 1.29 is 9.59 Å². The number of amides is 3. The second-order valence-electron chi connectivity index (χ2n) is 8.39. The van der Waals surface area contributed by atoms with E-state index in [4.69, 9.17) is 4.98 Å². The summed E-state index contributed by atoms with van der Waals surface area (Å²) in [6.45, 7) is 0. The highest BCUT2D eigenvalue weighted by atomic mass is 16.2. The average molecular weight is 423 g/mol. The number of aromatic nitrogens is 2. The second kappa shape index (κ2) is 6.75. The Balaban J connectivity index is 1.56. The van der Waals surface area contributed by atoms with Crippen LogP contribution in [0, 0.1) is 0 Å². The Bertz CT molecular complexity index is 1380. The number of rotatable bonds is 4. The molecule has 1 saturated carbocycles. The lowest BCUT2D eigenvalue weighted by Gasteiger charge is -2.23. The maximum Gasteiger partial charge on any atom is 0.346 e. The summed E-state index contributed by atoms with van der Waals surface area (Å²) in [5, 5.41) is 5.49. The van der Waals surface area contributed by atoms with Gasteiger partial charge in [0.2, 0.25) is 0 Å². The zero-order valence-electron chi connectivity index (χ0n) is 17.5. The van der Waals surface area contributed by atoms with Crippen molar-refractivity contribution in [3.63, 3.8) is 0 Å². The second-order valence-corrected chi connectivity index (χ2v) is 8.39. The number of nitrogens with zero attached hydrogens (tertiary/aromatic N) is 3. The van der Waals surface area contributed by atoms with Crippen LogP contribution in [0.4, 0.5) is 4.79 Å². The van der Waals surface area contributed by atoms with E-state index in [1.54, 1.807) is 7.05 Å². The molecule has 2 aromatic carbocycles. The van der Waals surface area contributed by atoms with Gasteiger partial charge in [0.05, 0.1) is 33.9 Å². The molecule has 0 saturated heterocycles. The van der Waals surface area contributed by atoms with Crippen molar-refractivity contribution in [2.75, 3.05) is 7.05 Å². The molecule has 7 heteroatoms. The van der Waals surface area contributed by atoms with Gasteiger partial charge in [-0.3, -0.25) is 4.79 Å². The van der Waals surface area contributed by atoms with E-state index in [1.165, 1.54) is 5.56 Å². The highest BCUT2D eigenvalue weighted by Gasteiger charge is 2.50. The van der Waals surface area contributed by atoms with Crippen LogP contribution in [0.25, 0.3) is 11.0 Å². The number of hydrogen-bond donors (Lipinski definition) is 2. The van der Waals surface area contributed by atoms with Crippen LogP contribution in [0.1, 0.15) is 40.6 Å². The monoisotopic (exact) mass is 423 g/mol. The summed E-state index contributed by atoms with van der Waals surface area (Å²) >= 11 is 0. The quantitative estimate of drug-likeness (QED) is 0.672. The maximum absolute atomic E-state index is 12.2. The number of aliphatic imine (C=N–C) groups is 1. The number of carbonyl (C=O) groups excluding carboxylic acids is 2. The Morgan fingerprint density at radius 2 is 2.00 bits per heavy atom. The predicted octanol–water partition coefficient (Wildman–Crippen LogP) is 3.63. The van der Waals surface area contributed by atoms with Crippen molar-refractivity contribution in [1.82, 2.24) is 20.2 Å². The smallest absolute Gasteiger partial charge is 0.346 e. The van der Waals surface area contributed by atoms with Crippen molar-refractivity contribution in [2.45, 2.75) is 24.3 Å². The van der Waals surface area contributed by atoms with Gasteiger partial charge in [0.25, 0.3) is 5.91 Å². The van der Waals surface area contributed by atoms with Gasteiger partial charge in [-0.05, 0) is 48.8 Å². The van der Waals surface area contributed by atoms with Crippen LogP contribution in [0.3, 0.4) is 0 Å². The molecular formula is C25H21N5O2. The first-order valence-electron chi connectivity index (χ1n) is 10.7. The molecule has 1 aromatic heterocycles. The number of carbonyl (C=O) groups is 2. The number of imidazole rings is 1. The molecule has 1 unspecified atom stereocenters. The number of benzene rings is 2. The van der Waals surface area contributed by atoms with Crippen molar-refractivity contribution >= 4 is 28.7 Å². The Kier molecular flexibility index (Phi) is 3.95. The third-order valence-corrected chi connectivity index (χ3v) is 6.51. The summed E-state index contributed by atoms with van der Waals surface area (Å²) < 4.78 is 2.23. The minimum absolute atomic E-state index is 0.130. The molecule has 158 valence electrons. The molecule has 32 heavy (non-hydrogen) atoms. The number of fused-ring (bicyclic) bond motifs is 2. The number of hydrogen-bond acceptors (Lipinski definition) is 3. The van der Waals surface area contributed by atoms with E-state index < -0.39 is 0 Å². The van der Waals surface area contributed by atoms with Crippen LogP contribution in [0.2, 0.25) is 0 Å². The Labute approximate surface area is 184 Å². The molecule has 3 aromatic rings. The first-order chi connectivity index (χ1) is 15.6. The first-order valence-corrected chi connectivity index (χ1v) is 10.7. The molecule has 3 aliphatic rings. The van der Waals surface area contributed by atoms with E-state index in [0.29, 0.717) is 11.3 Å². The predicted molar refractivity (Wildman–Crippen MR) is 122 cm³/mol. The molecule has 1 fully saturated rings. The molecule has 0 bridgehead atoms. The minimum Gasteiger partial charge on any atom is -0.355 e. The zero-order valence-corrected chi connectivity index (χ0v) is 17.5. The standard InChI is InChI=1S/C25H21N5O2/c1-26-22(31)15-7-10-21-20(13-15)27-23(25(11-12-25)16-5-3-2-4-6-16)30(21)17-8-9-18-19(14-17)29-24(32)28-18/h2-10,13-14,17H,11-12H2,1H3,(H,26,31)(H,29,32). The van der Waals surface area contributed by atoms with E-state index >= 15 is 0 Å². The summed E-state index contributed by atoms with van der Waals surface area (Å²) in [5.41, 5.74) is 4.77. The fraction of sp³-hybridized carbons (Fsp3) is 0.200. The average Bonchev–Trinajstić information content (AvgIpc) is 3.41. The normalized spacial score (nSPS) is 20.4. The molecule has 1 atom stereocenters. The van der Waals surface area contributed by atoms with Crippen LogP contribution >= 0.6 is 0 Å². The molecule has 0 spiro atoms. The summed E-state index contributed by atoms with van der Waals surface area (Å²) in [4.78, 5) is 33.0. The van der Waals surface area contributed by atoms with Crippen LogP contribution < -0.4 is 10.6 Å².